The minimum Gasteiger partial charge on any atom is -0.481 e. The number of para-hydroxylation sites is 4. The second-order valence-corrected chi connectivity index (χ2v) is 15.3. The Bertz CT molecular complexity index is 2250. The zero-order valence-electron chi connectivity index (χ0n) is 36.7. The Hall–Kier alpha value is -7.60. The summed E-state index contributed by atoms with van der Waals surface area (Å²) in [6.45, 7) is 5.62. The lowest BCUT2D eigenvalue weighted by molar-refractivity contribution is -0.164. The summed E-state index contributed by atoms with van der Waals surface area (Å²) in [6.07, 6.45) is 5.12. The van der Waals surface area contributed by atoms with Crippen molar-refractivity contribution in [1.29, 1.82) is 0 Å². The molecular formula is C52H58N8O4. The Labute approximate surface area is 376 Å². The zero-order chi connectivity index (χ0) is 45.2. The van der Waals surface area contributed by atoms with Crippen LogP contribution in [0.4, 0.5) is 22.7 Å². The van der Waals surface area contributed by atoms with Crippen LogP contribution in [0, 0.1) is 11.3 Å². The van der Waals surface area contributed by atoms with Gasteiger partial charge in [0.05, 0.1) is 34.1 Å². The van der Waals surface area contributed by atoms with E-state index in [4.69, 9.17) is 10.2 Å². The van der Waals surface area contributed by atoms with Crippen molar-refractivity contribution in [2.75, 3.05) is 20.5 Å². The molecule has 2 unspecified atom stereocenters. The molecule has 12 nitrogen and oxygen atoms in total. The topological polar surface area (TPSA) is 136 Å². The van der Waals surface area contributed by atoms with E-state index in [-0.39, 0.29) is 0 Å². The number of aliphatic carboxylic acids is 2. The first-order valence-corrected chi connectivity index (χ1v) is 22.0. The third-order valence-electron chi connectivity index (χ3n) is 11.2. The number of carboxylic acid groups (broad SMARTS) is 2. The number of hydrogen-bond acceptors (Lipinski definition) is 10. The number of carboxylic acids is 2. The minimum absolute atomic E-state index is 0.364. The van der Waals surface area contributed by atoms with Gasteiger partial charge < -0.3 is 10.2 Å². The fraction of sp³-hybridized carbons (Fsp3) is 0.231. The SMILES string of the molecule is CCCCCCC(CC)(C(=O)O)C(CC)C(=O)O.c1ccc(C2=NN(c3ccccc3)N(c3ccccc3)N2)cc1.c1ccc(C2=NN(c3ccccc3)N(c3ccccc3)N2)cc1. The van der Waals surface area contributed by atoms with Crippen molar-refractivity contribution in [3.8, 4) is 0 Å². The van der Waals surface area contributed by atoms with Crippen LogP contribution in [0.5, 0.6) is 0 Å². The van der Waals surface area contributed by atoms with Crippen molar-refractivity contribution in [2.24, 2.45) is 21.5 Å². The second-order valence-electron chi connectivity index (χ2n) is 15.3. The first-order chi connectivity index (χ1) is 31.3. The van der Waals surface area contributed by atoms with E-state index in [1.165, 1.54) is 0 Å². The Morgan fingerprint density at radius 3 is 1.19 bits per heavy atom. The third kappa shape index (κ3) is 11.4. The highest BCUT2D eigenvalue weighted by Gasteiger charge is 2.46. The maximum atomic E-state index is 11.6. The van der Waals surface area contributed by atoms with Gasteiger partial charge in [-0.15, -0.1) is 10.2 Å². The van der Waals surface area contributed by atoms with E-state index in [0.717, 1.165) is 71.2 Å². The van der Waals surface area contributed by atoms with Crippen molar-refractivity contribution in [3.63, 3.8) is 0 Å². The molecule has 0 saturated heterocycles. The summed E-state index contributed by atoms with van der Waals surface area (Å²) in [7, 11) is 0. The maximum absolute atomic E-state index is 11.6. The largest absolute Gasteiger partial charge is 0.481 e. The molecule has 12 heteroatoms. The number of hydrogen-bond donors (Lipinski definition) is 4. The molecule has 4 N–H and O–H groups in total. The van der Waals surface area contributed by atoms with E-state index in [1.54, 1.807) is 13.8 Å². The van der Waals surface area contributed by atoms with E-state index in [0.29, 0.717) is 19.3 Å². The minimum atomic E-state index is -1.10. The molecule has 2 atom stereocenters. The maximum Gasteiger partial charge on any atom is 0.310 e. The summed E-state index contributed by atoms with van der Waals surface area (Å²) >= 11 is 0. The van der Waals surface area contributed by atoms with Crippen LogP contribution < -0.4 is 31.3 Å². The summed E-state index contributed by atoms with van der Waals surface area (Å²) in [5.74, 6) is -1.11. The first-order valence-electron chi connectivity index (χ1n) is 22.0. The molecule has 6 aromatic rings. The van der Waals surface area contributed by atoms with Crippen LogP contribution in [0.2, 0.25) is 0 Å². The Morgan fingerprint density at radius 2 is 0.875 bits per heavy atom. The lowest BCUT2D eigenvalue weighted by Crippen LogP contribution is -2.44. The van der Waals surface area contributed by atoms with Crippen molar-refractivity contribution < 1.29 is 19.8 Å². The van der Waals surface area contributed by atoms with Crippen LogP contribution in [0.15, 0.2) is 192 Å². The lowest BCUT2D eigenvalue weighted by Gasteiger charge is -2.33. The van der Waals surface area contributed by atoms with Gasteiger partial charge in [0.2, 0.25) is 0 Å². The van der Waals surface area contributed by atoms with Gasteiger partial charge in [-0.05, 0) is 67.8 Å². The van der Waals surface area contributed by atoms with Crippen LogP contribution in [-0.4, -0.2) is 33.8 Å². The molecule has 6 aromatic carbocycles. The number of unbranched alkanes of at least 4 members (excludes halogenated alkanes) is 3. The molecule has 0 fully saturated rings. The molecule has 0 spiro atoms. The molecule has 0 bridgehead atoms. The number of hydrazine groups is 4. The third-order valence-corrected chi connectivity index (χ3v) is 11.2. The normalized spacial score (nSPS) is 14.3. The number of rotatable bonds is 16. The first kappa shape index (κ1) is 45.9. The number of nitrogens with zero attached hydrogens (tertiary/aromatic N) is 6. The van der Waals surface area contributed by atoms with Crippen molar-refractivity contribution in [1.82, 2.24) is 10.9 Å². The highest BCUT2D eigenvalue weighted by atomic mass is 16.4. The van der Waals surface area contributed by atoms with E-state index in [2.05, 4.69) is 17.8 Å². The van der Waals surface area contributed by atoms with Crippen LogP contribution >= 0.6 is 0 Å². The van der Waals surface area contributed by atoms with Gasteiger partial charge >= 0.3 is 11.9 Å². The molecule has 2 aliphatic rings. The monoisotopic (exact) mass is 858 g/mol. The fourth-order valence-corrected chi connectivity index (χ4v) is 7.68. The van der Waals surface area contributed by atoms with Gasteiger partial charge in [0.15, 0.2) is 11.7 Å². The summed E-state index contributed by atoms with van der Waals surface area (Å²) in [5, 5.41) is 35.8. The van der Waals surface area contributed by atoms with Gasteiger partial charge in [-0.3, -0.25) is 20.4 Å². The molecule has 0 aromatic heterocycles. The quantitative estimate of drug-likeness (QED) is 0.0696. The lowest BCUT2D eigenvalue weighted by atomic mass is 9.68. The van der Waals surface area contributed by atoms with E-state index >= 15 is 0 Å². The van der Waals surface area contributed by atoms with Crippen LogP contribution in [0.3, 0.4) is 0 Å². The molecule has 0 radical (unpaired) electrons. The number of anilines is 4. The number of hydrazone groups is 2. The van der Waals surface area contributed by atoms with Gasteiger partial charge in [0.25, 0.3) is 0 Å². The van der Waals surface area contributed by atoms with E-state index in [9.17, 15) is 19.8 Å². The molecule has 330 valence electrons. The number of benzene rings is 6. The molecule has 2 aliphatic heterocycles. The highest BCUT2D eigenvalue weighted by Crippen LogP contribution is 2.40. The van der Waals surface area contributed by atoms with Gasteiger partial charge in [-0.1, -0.05) is 180 Å². The standard InChI is InChI=1S/2C19H16N4.C14H26O4/c2*1-4-10-16(11-5-1)19-20-22(17-12-6-2-7-13-17)23(21-19)18-14-8-3-9-15-18;1-4-7-8-9-10-14(6-3,13(17)18)11(5-2)12(15)16/h2*1-15H,(H,20,21);11H,4-10H2,1-3H3,(H,15,16)(H,17,18). The van der Waals surface area contributed by atoms with Crippen molar-refractivity contribution in [3.05, 3.63) is 193 Å². The number of carbonyl (C=O) groups is 2. The van der Waals surface area contributed by atoms with Crippen LogP contribution in [-0.2, 0) is 9.59 Å². The van der Waals surface area contributed by atoms with Gasteiger partial charge in [-0.2, -0.15) is 20.5 Å². The smallest absolute Gasteiger partial charge is 0.310 e. The summed E-state index contributed by atoms with van der Waals surface area (Å²) in [5.41, 5.74) is 11.8. The molecule has 2 heterocycles. The summed E-state index contributed by atoms with van der Waals surface area (Å²) in [4.78, 5) is 22.8. The Kier molecular flexibility index (Phi) is 16.5. The van der Waals surface area contributed by atoms with Crippen LogP contribution in [0.1, 0.15) is 76.8 Å². The van der Waals surface area contributed by atoms with E-state index < -0.39 is 23.3 Å². The Morgan fingerprint density at radius 1 is 0.516 bits per heavy atom. The van der Waals surface area contributed by atoms with Crippen LogP contribution in [0.25, 0.3) is 0 Å². The van der Waals surface area contributed by atoms with Gasteiger partial charge in [0.1, 0.15) is 0 Å². The molecule has 0 amide bonds. The predicted octanol–water partition coefficient (Wildman–Crippen LogP) is 11.1. The Balaban J connectivity index is 0.000000161. The second kappa shape index (κ2) is 23.0. The summed E-state index contributed by atoms with van der Waals surface area (Å²) < 4.78 is 0. The molecule has 64 heavy (non-hydrogen) atoms. The van der Waals surface area contributed by atoms with Crippen molar-refractivity contribution >= 4 is 46.4 Å². The average Bonchev–Trinajstić information content (AvgIpc) is 4.01. The molecule has 0 aliphatic carbocycles. The highest BCUT2D eigenvalue weighted by molar-refractivity contribution is 6.03. The number of nitrogens with one attached hydrogen (secondary N) is 2. The molecule has 8 rings (SSSR count). The van der Waals surface area contributed by atoms with Gasteiger partial charge in [0, 0.05) is 11.1 Å². The fourth-order valence-electron chi connectivity index (χ4n) is 7.68. The predicted molar refractivity (Wildman–Crippen MR) is 258 cm³/mol. The van der Waals surface area contributed by atoms with E-state index in [1.807, 2.05) is 202 Å². The number of amidine groups is 2. The van der Waals surface area contributed by atoms with Gasteiger partial charge in [-0.25, -0.2) is 0 Å². The zero-order valence-corrected chi connectivity index (χ0v) is 36.7. The summed E-state index contributed by atoms with van der Waals surface area (Å²) in [6, 6.07) is 60.7. The van der Waals surface area contributed by atoms with Crippen molar-refractivity contribution in [2.45, 2.75) is 65.7 Å². The molecule has 0 saturated carbocycles. The molecular weight excluding hydrogens is 801 g/mol. The average molecular weight is 859 g/mol.